The Morgan fingerprint density at radius 1 is 1.35 bits per heavy atom. The van der Waals surface area contributed by atoms with Crippen molar-refractivity contribution in [3.63, 3.8) is 0 Å². The Morgan fingerprint density at radius 3 is 2.81 bits per heavy atom. The third kappa shape index (κ3) is 5.76. The van der Waals surface area contributed by atoms with E-state index in [0.717, 1.165) is 16.6 Å². The van der Waals surface area contributed by atoms with E-state index in [-0.39, 0.29) is 30.0 Å². The molecule has 1 saturated heterocycles. The minimum absolute atomic E-state index is 0. The van der Waals surface area contributed by atoms with Crippen LogP contribution in [0.2, 0.25) is 0 Å². The van der Waals surface area contributed by atoms with Crippen LogP contribution in [0.25, 0.3) is 10.9 Å². The van der Waals surface area contributed by atoms with Crippen LogP contribution in [0, 0.1) is 0 Å². The summed E-state index contributed by atoms with van der Waals surface area (Å²) in [6.45, 7) is 0.516. The van der Waals surface area contributed by atoms with E-state index in [2.05, 4.69) is 26.7 Å². The summed E-state index contributed by atoms with van der Waals surface area (Å²) in [7, 11) is 1.66. The molecule has 1 aliphatic rings. The molecule has 0 spiro atoms. The lowest BCUT2D eigenvalue weighted by Gasteiger charge is -2.19. The van der Waals surface area contributed by atoms with Gasteiger partial charge in [0.15, 0.2) is 5.96 Å². The number of aliphatic imine (C=N–C) groups is 1. The van der Waals surface area contributed by atoms with Crippen LogP contribution in [0.3, 0.4) is 0 Å². The molecule has 1 aliphatic heterocycles. The molecular weight excluding hydrogens is 458 g/mol. The number of nitrogens with zero attached hydrogens (tertiary/aromatic N) is 2. The highest BCUT2D eigenvalue weighted by molar-refractivity contribution is 14.0. The van der Waals surface area contributed by atoms with Crippen LogP contribution < -0.4 is 10.6 Å². The summed E-state index contributed by atoms with van der Waals surface area (Å²) in [5.74, 6) is 0.595. The van der Waals surface area contributed by atoms with Crippen molar-refractivity contribution in [2.45, 2.75) is 25.2 Å². The zero-order chi connectivity index (χ0) is 17.9. The molecule has 1 aromatic heterocycles. The van der Waals surface area contributed by atoms with Gasteiger partial charge in [0.05, 0.1) is 13.1 Å². The summed E-state index contributed by atoms with van der Waals surface area (Å²) in [6.07, 6.45) is -3.48. The number of aromatic nitrogens is 1. The van der Waals surface area contributed by atoms with E-state index in [0.29, 0.717) is 32.0 Å². The maximum absolute atomic E-state index is 12.5. The highest BCUT2D eigenvalue weighted by Gasteiger charge is 2.34. The summed E-state index contributed by atoms with van der Waals surface area (Å²) >= 11 is 0. The fourth-order valence-corrected chi connectivity index (χ4v) is 3.14. The molecule has 0 saturated carbocycles. The van der Waals surface area contributed by atoms with Crippen LogP contribution in [0.1, 0.15) is 12.1 Å². The Hall–Kier alpha value is -1.49. The SMILES string of the molecule is CN=C(NCc1cc2ccccc2[nH]1)NC1CCN(CC(F)(F)F)C1.I. The lowest BCUT2D eigenvalue weighted by molar-refractivity contribution is -0.143. The summed E-state index contributed by atoms with van der Waals surface area (Å²) in [5, 5.41) is 7.54. The zero-order valence-electron chi connectivity index (χ0n) is 14.4. The Labute approximate surface area is 167 Å². The molecule has 26 heavy (non-hydrogen) atoms. The third-order valence-corrected chi connectivity index (χ3v) is 4.27. The molecule has 9 heteroatoms. The number of aromatic amines is 1. The Kier molecular flexibility index (Phi) is 7.16. The molecule has 1 atom stereocenters. The van der Waals surface area contributed by atoms with Crippen molar-refractivity contribution in [1.82, 2.24) is 20.5 Å². The van der Waals surface area contributed by atoms with Gasteiger partial charge >= 0.3 is 6.18 Å². The summed E-state index contributed by atoms with van der Waals surface area (Å²) < 4.78 is 37.4. The lowest BCUT2D eigenvalue weighted by Crippen LogP contribution is -2.44. The minimum Gasteiger partial charge on any atom is -0.357 e. The normalized spacial score (nSPS) is 18.8. The molecular formula is C17H23F3IN5. The van der Waals surface area contributed by atoms with Gasteiger partial charge in [-0.15, -0.1) is 24.0 Å². The van der Waals surface area contributed by atoms with Crippen molar-refractivity contribution in [1.29, 1.82) is 0 Å². The van der Waals surface area contributed by atoms with Gasteiger partial charge in [-0.2, -0.15) is 13.2 Å². The minimum atomic E-state index is -4.15. The van der Waals surface area contributed by atoms with Crippen molar-refractivity contribution in [3.05, 3.63) is 36.0 Å². The molecule has 0 bridgehead atoms. The molecule has 1 aromatic carbocycles. The summed E-state index contributed by atoms with van der Waals surface area (Å²) in [6, 6.07) is 10.0. The molecule has 2 heterocycles. The van der Waals surface area contributed by atoms with Crippen molar-refractivity contribution in [2.24, 2.45) is 4.99 Å². The molecule has 0 radical (unpaired) electrons. The van der Waals surface area contributed by atoms with Crippen LogP contribution in [0.15, 0.2) is 35.3 Å². The molecule has 144 valence electrons. The monoisotopic (exact) mass is 481 g/mol. The van der Waals surface area contributed by atoms with Crippen molar-refractivity contribution in [2.75, 3.05) is 26.7 Å². The smallest absolute Gasteiger partial charge is 0.357 e. The van der Waals surface area contributed by atoms with Crippen molar-refractivity contribution in [3.8, 4) is 0 Å². The van der Waals surface area contributed by atoms with Gasteiger partial charge in [-0.3, -0.25) is 9.89 Å². The second-order valence-electron chi connectivity index (χ2n) is 6.29. The number of para-hydroxylation sites is 1. The highest BCUT2D eigenvalue weighted by Crippen LogP contribution is 2.20. The standard InChI is InChI=1S/C17H22F3N5.HI/c1-21-16(24-13-6-7-25(10-13)11-17(18,19)20)22-9-14-8-12-4-2-3-5-15(12)23-14;/h2-5,8,13,23H,6-7,9-11H2,1H3,(H2,21,22,24);1H. The molecule has 0 amide bonds. The number of alkyl halides is 3. The molecule has 5 nitrogen and oxygen atoms in total. The maximum Gasteiger partial charge on any atom is 0.401 e. The van der Waals surface area contributed by atoms with Gasteiger partial charge in [0.2, 0.25) is 0 Å². The number of guanidine groups is 1. The zero-order valence-corrected chi connectivity index (χ0v) is 16.8. The predicted molar refractivity (Wildman–Crippen MR) is 108 cm³/mol. The average molecular weight is 481 g/mol. The van der Waals surface area contributed by atoms with Gasteiger partial charge in [0, 0.05) is 37.4 Å². The van der Waals surface area contributed by atoms with Crippen LogP contribution in [-0.4, -0.2) is 54.7 Å². The van der Waals surface area contributed by atoms with E-state index in [9.17, 15) is 13.2 Å². The third-order valence-electron chi connectivity index (χ3n) is 4.27. The fraction of sp³-hybridized carbons (Fsp3) is 0.471. The summed E-state index contributed by atoms with van der Waals surface area (Å²) in [4.78, 5) is 8.90. The van der Waals surface area contributed by atoms with E-state index in [1.54, 1.807) is 7.05 Å². The Bertz CT molecular complexity index is 710. The van der Waals surface area contributed by atoms with Gasteiger partial charge in [-0.1, -0.05) is 18.2 Å². The number of nitrogens with one attached hydrogen (secondary N) is 3. The number of benzene rings is 1. The van der Waals surface area contributed by atoms with Gasteiger partial charge < -0.3 is 15.6 Å². The van der Waals surface area contributed by atoms with Crippen LogP contribution in [-0.2, 0) is 6.54 Å². The van der Waals surface area contributed by atoms with Crippen LogP contribution >= 0.6 is 24.0 Å². The van der Waals surface area contributed by atoms with Crippen LogP contribution in [0.5, 0.6) is 0 Å². The number of halogens is 4. The first-order chi connectivity index (χ1) is 11.9. The number of rotatable bonds is 4. The summed E-state index contributed by atoms with van der Waals surface area (Å²) in [5.41, 5.74) is 2.09. The van der Waals surface area contributed by atoms with E-state index >= 15 is 0 Å². The van der Waals surface area contributed by atoms with Crippen molar-refractivity contribution >= 4 is 40.8 Å². The first kappa shape index (κ1) is 20.8. The molecule has 1 fully saturated rings. The average Bonchev–Trinajstić information content (AvgIpc) is 3.15. The van der Waals surface area contributed by atoms with Gasteiger partial charge in [-0.05, 0) is 23.9 Å². The topological polar surface area (TPSA) is 55.5 Å². The molecule has 1 unspecified atom stereocenters. The second-order valence-corrected chi connectivity index (χ2v) is 6.29. The van der Waals surface area contributed by atoms with Gasteiger partial charge in [-0.25, -0.2) is 0 Å². The molecule has 3 rings (SSSR count). The lowest BCUT2D eigenvalue weighted by atomic mass is 10.2. The van der Waals surface area contributed by atoms with E-state index in [1.165, 1.54) is 4.90 Å². The number of H-pyrrole nitrogens is 1. The maximum atomic E-state index is 12.5. The Morgan fingerprint density at radius 2 is 2.12 bits per heavy atom. The second kappa shape index (κ2) is 8.94. The molecule has 2 aromatic rings. The Balaban J connectivity index is 0.00000243. The quantitative estimate of drug-likeness (QED) is 0.358. The first-order valence-electron chi connectivity index (χ1n) is 8.26. The van der Waals surface area contributed by atoms with E-state index in [1.807, 2.05) is 24.3 Å². The van der Waals surface area contributed by atoms with E-state index < -0.39 is 12.7 Å². The number of fused-ring (bicyclic) bond motifs is 1. The molecule has 0 aliphatic carbocycles. The molecule has 3 N–H and O–H groups in total. The van der Waals surface area contributed by atoms with E-state index in [4.69, 9.17) is 0 Å². The van der Waals surface area contributed by atoms with Crippen molar-refractivity contribution < 1.29 is 13.2 Å². The largest absolute Gasteiger partial charge is 0.401 e. The van der Waals surface area contributed by atoms with Gasteiger partial charge in [0.1, 0.15) is 0 Å². The van der Waals surface area contributed by atoms with Gasteiger partial charge in [0.25, 0.3) is 0 Å². The predicted octanol–water partition coefficient (Wildman–Crippen LogP) is 3.09. The number of likely N-dealkylation sites (tertiary alicyclic amines) is 1. The number of hydrogen-bond donors (Lipinski definition) is 3. The number of hydrogen-bond acceptors (Lipinski definition) is 2. The fourth-order valence-electron chi connectivity index (χ4n) is 3.14. The van der Waals surface area contributed by atoms with Crippen LogP contribution in [0.4, 0.5) is 13.2 Å². The first-order valence-corrected chi connectivity index (χ1v) is 8.26. The highest BCUT2D eigenvalue weighted by atomic mass is 127.